The van der Waals surface area contributed by atoms with Crippen LogP contribution < -0.4 is 16.4 Å². The third kappa shape index (κ3) is 22.8. The number of anilines is 2. The van der Waals surface area contributed by atoms with Crippen molar-refractivity contribution in [3.8, 4) is 22.4 Å². The van der Waals surface area contributed by atoms with E-state index < -0.39 is 58.0 Å². The van der Waals surface area contributed by atoms with Crippen LogP contribution in [0.1, 0.15) is 179 Å². The number of ether oxygens (including phenoxy) is 6. The van der Waals surface area contributed by atoms with E-state index >= 15 is 0 Å². The summed E-state index contributed by atoms with van der Waals surface area (Å²) in [5.74, 6) is -7.20. The monoisotopic (exact) mass is 1340 g/mol. The van der Waals surface area contributed by atoms with Gasteiger partial charge in [0.1, 0.15) is 34.5 Å². The third-order valence-corrected chi connectivity index (χ3v) is 16.0. The Morgan fingerprint density at radius 2 is 0.990 bits per heavy atom. The Hall–Kier alpha value is -8.52. The van der Waals surface area contributed by atoms with E-state index in [0.717, 1.165) is 34.5 Å². The van der Waals surface area contributed by atoms with Crippen molar-refractivity contribution >= 4 is 46.7 Å². The number of Topliss-reactive ketones (excluding diaryl/α,β-unsaturated/α-hetero) is 2. The van der Waals surface area contributed by atoms with Gasteiger partial charge in [-0.2, -0.15) is 0 Å². The number of halogens is 2. The van der Waals surface area contributed by atoms with Gasteiger partial charge in [0.05, 0.1) is 54.4 Å². The minimum absolute atomic E-state index is 0.0369. The number of esters is 2. The summed E-state index contributed by atoms with van der Waals surface area (Å²) in [5, 5.41) is 5.90. The van der Waals surface area contributed by atoms with Crippen LogP contribution in [0.4, 0.5) is 20.2 Å². The Balaban J connectivity index is 0.000000230. The number of hydrogen-bond acceptors (Lipinski definition) is 13. The first-order chi connectivity index (χ1) is 46.2. The zero-order valence-corrected chi connectivity index (χ0v) is 59.1. The average molecular weight is 1350 g/mol. The number of rotatable bonds is 22. The van der Waals surface area contributed by atoms with Crippen LogP contribution in [0.2, 0.25) is 0 Å². The molecule has 18 heteroatoms. The van der Waals surface area contributed by atoms with Crippen molar-refractivity contribution in [1.29, 1.82) is 0 Å². The molecule has 2 saturated heterocycles. The van der Waals surface area contributed by atoms with Crippen LogP contribution in [0.5, 0.6) is 0 Å². The first kappa shape index (κ1) is 76.8. The van der Waals surface area contributed by atoms with Crippen LogP contribution >= 0.6 is 0 Å². The molecule has 16 nitrogen and oxygen atoms in total. The quantitative estimate of drug-likeness (QED) is 0.0328. The number of nitrogens with two attached hydrogens (primary N) is 1. The van der Waals surface area contributed by atoms with E-state index in [1.165, 1.54) is 36.4 Å². The smallest absolute Gasteiger partial charge is 0.308 e. The highest BCUT2D eigenvalue weighted by atomic mass is 19.1. The van der Waals surface area contributed by atoms with Gasteiger partial charge in [-0.15, -0.1) is 0 Å². The molecule has 524 valence electrons. The molecule has 0 saturated carbocycles. The molecule has 2 fully saturated rings. The molecular weight excluding hydrogens is 1250 g/mol. The summed E-state index contributed by atoms with van der Waals surface area (Å²) in [6.07, 6.45) is 2.22. The van der Waals surface area contributed by atoms with Gasteiger partial charge < -0.3 is 49.4 Å². The molecular formula is C80H98F2N4O12. The molecule has 6 aromatic carbocycles. The van der Waals surface area contributed by atoms with E-state index in [1.807, 2.05) is 136 Å². The molecule has 6 atom stereocenters. The van der Waals surface area contributed by atoms with Crippen molar-refractivity contribution in [2.24, 2.45) is 17.6 Å². The Morgan fingerprint density at radius 3 is 1.44 bits per heavy atom. The Morgan fingerprint density at radius 1 is 0.561 bits per heavy atom. The summed E-state index contributed by atoms with van der Waals surface area (Å²) >= 11 is 0. The molecule has 0 radical (unpaired) electrons. The van der Waals surface area contributed by atoms with Gasteiger partial charge in [-0.25, -0.2) is 8.78 Å². The maximum atomic E-state index is 14.4. The molecule has 0 aliphatic carbocycles. The van der Waals surface area contributed by atoms with Crippen molar-refractivity contribution in [3.63, 3.8) is 0 Å². The van der Waals surface area contributed by atoms with Gasteiger partial charge in [-0.1, -0.05) is 125 Å². The van der Waals surface area contributed by atoms with Crippen molar-refractivity contribution in [2.45, 2.75) is 201 Å². The van der Waals surface area contributed by atoms with Crippen LogP contribution in [0.25, 0.3) is 22.4 Å². The highest BCUT2D eigenvalue weighted by molar-refractivity contribution is 6.15. The number of para-hydroxylation sites is 2. The van der Waals surface area contributed by atoms with E-state index in [2.05, 4.69) is 29.0 Å². The van der Waals surface area contributed by atoms with E-state index in [0.29, 0.717) is 54.9 Å². The topological polar surface area (TPSA) is 213 Å². The molecule has 3 heterocycles. The molecule has 1 aromatic heterocycles. The lowest BCUT2D eigenvalue weighted by molar-refractivity contribution is -0.301. The number of benzene rings is 6. The summed E-state index contributed by atoms with van der Waals surface area (Å²) in [7, 11) is 0. The van der Waals surface area contributed by atoms with E-state index in [4.69, 9.17) is 34.2 Å². The zero-order chi connectivity index (χ0) is 71.7. The van der Waals surface area contributed by atoms with Gasteiger partial charge in [0.25, 0.3) is 5.91 Å². The predicted octanol–water partition coefficient (Wildman–Crippen LogP) is 16.6. The molecule has 2 amide bonds. The van der Waals surface area contributed by atoms with Crippen LogP contribution in [-0.2, 0) is 54.1 Å². The minimum Gasteiger partial charge on any atom is -0.460 e. The maximum Gasteiger partial charge on any atom is 0.308 e. The summed E-state index contributed by atoms with van der Waals surface area (Å²) in [4.78, 5) is 79.0. The minimum atomic E-state index is -1.24. The third-order valence-electron chi connectivity index (χ3n) is 16.0. The predicted molar refractivity (Wildman–Crippen MR) is 378 cm³/mol. The normalized spacial score (nSPS) is 17.9. The Bertz CT molecular complexity index is 3750. The van der Waals surface area contributed by atoms with Crippen molar-refractivity contribution in [3.05, 3.63) is 204 Å². The number of aromatic nitrogens is 1. The van der Waals surface area contributed by atoms with Crippen LogP contribution in [0.3, 0.4) is 0 Å². The van der Waals surface area contributed by atoms with Gasteiger partial charge >= 0.3 is 11.9 Å². The Kier molecular flexibility index (Phi) is 26.9. The van der Waals surface area contributed by atoms with Crippen molar-refractivity contribution in [2.75, 3.05) is 17.2 Å². The van der Waals surface area contributed by atoms with Gasteiger partial charge in [0, 0.05) is 53.5 Å². The fraction of sp³-hybridized carbons (Fsp3) is 0.425. The first-order valence-corrected chi connectivity index (χ1v) is 33.7. The molecule has 2 aliphatic rings. The van der Waals surface area contributed by atoms with Crippen LogP contribution in [-0.4, -0.2) is 93.6 Å². The van der Waals surface area contributed by atoms with E-state index in [9.17, 15) is 37.5 Å². The number of carbonyl (C=O) groups excluding carboxylic acids is 6. The second-order valence-electron chi connectivity index (χ2n) is 28.3. The molecule has 0 spiro atoms. The lowest BCUT2D eigenvalue weighted by Gasteiger charge is -2.41. The molecule has 7 aromatic rings. The summed E-state index contributed by atoms with van der Waals surface area (Å²) in [6, 6.07) is 48.4. The van der Waals surface area contributed by atoms with Crippen molar-refractivity contribution in [1.82, 2.24) is 4.57 Å². The average Bonchev–Trinajstić information content (AvgIpc) is 1.58. The molecule has 4 N–H and O–H groups in total. The largest absolute Gasteiger partial charge is 0.460 e. The first-order valence-electron chi connectivity index (χ1n) is 33.7. The lowest BCUT2D eigenvalue weighted by atomic mass is 9.75. The summed E-state index contributed by atoms with van der Waals surface area (Å²) in [6.45, 7) is 27.2. The SMILES string of the molecule is CC(C)(C)OC(=O)C[C@H]1CC(CCN)OC(C)(C)O1.CC(C)C(=O)C(C(=O)Nc1ccccc1)C(C(=O)c1ccc(F)cc1)c1ccccc1.CC(C)c1c(C(=O)Nc2ccccc2)c(-c2ccccc2)c(-c2ccc(F)cc2)n1CCC1C[C@H](CC(=O)OC(C)(C)C)OC(C)(C)O1. The number of carbonyl (C=O) groups is 6. The Labute approximate surface area is 576 Å². The zero-order valence-electron chi connectivity index (χ0n) is 59.1. The van der Waals surface area contributed by atoms with Gasteiger partial charge in [-0.05, 0) is 184 Å². The molecule has 9 rings (SSSR count). The molecule has 0 bridgehead atoms. The van der Waals surface area contributed by atoms with E-state index in [-0.39, 0.29) is 78.2 Å². The number of nitrogens with one attached hydrogen (secondary N) is 2. The van der Waals surface area contributed by atoms with Gasteiger partial charge in [0.15, 0.2) is 17.4 Å². The maximum absolute atomic E-state index is 14.4. The highest BCUT2D eigenvalue weighted by Gasteiger charge is 2.43. The molecule has 4 unspecified atom stereocenters. The fourth-order valence-corrected chi connectivity index (χ4v) is 12.3. The number of nitrogens with zero attached hydrogens (tertiary/aromatic N) is 1. The van der Waals surface area contributed by atoms with Gasteiger partial charge in [0.2, 0.25) is 5.91 Å². The number of amides is 2. The standard InChI is InChI=1S/C40H47FN2O5.C26H24FNO3.C14H27NO4/c1-26(2)36-35(38(45)42-30-16-12-9-13-17-30)34(27-14-10-8-11-15-27)37(28-18-20-29(41)21-19-28)43(36)23-22-31-24-32(47-40(6,7)46-31)25-33(44)48-39(3,4)5;1-17(2)24(29)23(26(31)28-21-11-7-4-8-12-21)22(18-9-5-3-6-10-18)25(30)19-13-15-20(27)16-14-19;1-13(2,3)19-12(16)9-11-8-10(6-7-15)17-14(4,5)18-11/h8-21,26,31-32H,22-25H2,1-7H3,(H,42,45);3-17,22-23H,1-2H3,(H,28,31);10-11H,6-9,15H2,1-5H3/t31?,32-;;10?,11-/m1.1/s1. The number of ketones is 2. The van der Waals surface area contributed by atoms with E-state index in [1.54, 1.807) is 80.6 Å². The van der Waals surface area contributed by atoms with Crippen LogP contribution in [0, 0.1) is 23.5 Å². The van der Waals surface area contributed by atoms with Crippen LogP contribution in [0.15, 0.2) is 170 Å². The molecule has 98 heavy (non-hydrogen) atoms. The summed E-state index contributed by atoms with van der Waals surface area (Å²) in [5.41, 5.74) is 11.3. The van der Waals surface area contributed by atoms with Crippen molar-refractivity contribution < 1.29 is 66.0 Å². The van der Waals surface area contributed by atoms with Gasteiger partial charge in [-0.3, -0.25) is 28.8 Å². The fourth-order valence-electron chi connectivity index (χ4n) is 12.3. The number of hydrogen-bond donors (Lipinski definition) is 3. The summed E-state index contributed by atoms with van der Waals surface area (Å²) < 4.78 is 64.9. The second-order valence-corrected chi connectivity index (χ2v) is 28.3. The lowest BCUT2D eigenvalue weighted by Crippen LogP contribution is -2.46. The second kappa shape index (κ2) is 34.3. The highest BCUT2D eigenvalue weighted by Crippen LogP contribution is 2.44. The molecule has 2 aliphatic heterocycles.